The first-order chi connectivity index (χ1) is 16.5. The molecule has 1 aliphatic heterocycles. The molecule has 2 aromatic rings. The van der Waals surface area contributed by atoms with Crippen LogP contribution >= 0.6 is 0 Å². The number of carbonyl (C=O) groups excluding carboxylic acids is 1. The number of nitriles is 1. The number of carbonyl (C=O) groups is 1. The molecule has 0 radical (unpaired) electrons. The Morgan fingerprint density at radius 2 is 1.71 bits per heavy atom. The van der Waals surface area contributed by atoms with Crippen molar-refractivity contribution in [2.45, 2.75) is 26.7 Å². The summed E-state index contributed by atoms with van der Waals surface area (Å²) in [5, 5.41) is 9.94. The summed E-state index contributed by atoms with van der Waals surface area (Å²) in [6.07, 6.45) is 0. The van der Waals surface area contributed by atoms with Crippen LogP contribution < -0.4 is 19.9 Å². The molecular formula is C26H28N2O6. The molecule has 2 aromatic carbocycles. The Labute approximate surface area is 199 Å². The van der Waals surface area contributed by atoms with Crippen LogP contribution in [0.3, 0.4) is 0 Å². The van der Waals surface area contributed by atoms with Crippen LogP contribution in [0.5, 0.6) is 17.2 Å². The molecule has 0 fully saturated rings. The maximum absolute atomic E-state index is 13.2. The van der Waals surface area contributed by atoms with Crippen molar-refractivity contribution in [2.75, 3.05) is 26.9 Å². The standard InChI is InChI=1S/C26H28N2O6/c1-5-31-20-13-10-17(14-21(20)32-6-2)22-19(15-27)25(28)34-24(23(22)26(29)33-7-3)16-8-11-18(30-4)12-9-16/h8-14,22H,5-7,28H2,1-4H3. The van der Waals surface area contributed by atoms with Gasteiger partial charge in [-0.15, -0.1) is 0 Å². The van der Waals surface area contributed by atoms with Crippen LogP contribution in [-0.2, 0) is 14.3 Å². The van der Waals surface area contributed by atoms with E-state index >= 15 is 0 Å². The molecule has 0 amide bonds. The molecule has 0 aliphatic carbocycles. The number of ether oxygens (including phenoxy) is 5. The zero-order chi connectivity index (χ0) is 24.7. The summed E-state index contributed by atoms with van der Waals surface area (Å²) < 4.78 is 27.9. The molecule has 8 heteroatoms. The van der Waals surface area contributed by atoms with Crippen LogP contribution in [0, 0.1) is 11.3 Å². The van der Waals surface area contributed by atoms with Crippen LogP contribution in [0.2, 0.25) is 0 Å². The number of nitrogens with zero attached hydrogens (tertiary/aromatic N) is 1. The van der Waals surface area contributed by atoms with Gasteiger partial charge in [0.05, 0.1) is 38.4 Å². The highest BCUT2D eigenvalue weighted by molar-refractivity contribution is 6.00. The second-order valence-electron chi connectivity index (χ2n) is 7.19. The van der Waals surface area contributed by atoms with Crippen molar-refractivity contribution in [1.82, 2.24) is 0 Å². The third kappa shape index (κ3) is 4.94. The second kappa shape index (κ2) is 11.1. The molecule has 0 saturated carbocycles. The summed E-state index contributed by atoms with van der Waals surface area (Å²) in [6.45, 7) is 6.48. The van der Waals surface area contributed by atoms with Crippen molar-refractivity contribution in [3.05, 3.63) is 70.6 Å². The van der Waals surface area contributed by atoms with Gasteiger partial charge in [-0.3, -0.25) is 0 Å². The summed E-state index contributed by atoms with van der Waals surface area (Å²) in [7, 11) is 1.56. The van der Waals surface area contributed by atoms with Gasteiger partial charge in [0.25, 0.3) is 0 Å². The van der Waals surface area contributed by atoms with E-state index in [1.807, 2.05) is 13.8 Å². The highest BCUT2D eigenvalue weighted by Crippen LogP contribution is 2.44. The van der Waals surface area contributed by atoms with Gasteiger partial charge in [0.1, 0.15) is 23.2 Å². The average molecular weight is 465 g/mol. The fraction of sp³-hybridized carbons (Fsp3) is 0.308. The summed E-state index contributed by atoms with van der Waals surface area (Å²) in [6, 6.07) is 14.4. The fourth-order valence-corrected chi connectivity index (χ4v) is 3.71. The summed E-state index contributed by atoms with van der Waals surface area (Å²) in [4.78, 5) is 13.2. The number of allylic oxidation sites excluding steroid dienone is 1. The van der Waals surface area contributed by atoms with E-state index in [9.17, 15) is 10.1 Å². The smallest absolute Gasteiger partial charge is 0.338 e. The van der Waals surface area contributed by atoms with Gasteiger partial charge in [-0.1, -0.05) is 6.07 Å². The van der Waals surface area contributed by atoms with E-state index in [0.29, 0.717) is 41.6 Å². The van der Waals surface area contributed by atoms with Gasteiger partial charge < -0.3 is 29.4 Å². The maximum atomic E-state index is 13.2. The third-order valence-electron chi connectivity index (χ3n) is 5.17. The zero-order valence-corrected chi connectivity index (χ0v) is 19.7. The topological polar surface area (TPSA) is 113 Å². The average Bonchev–Trinajstić information content (AvgIpc) is 2.85. The summed E-state index contributed by atoms with van der Waals surface area (Å²) in [5.41, 5.74) is 7.66. The van der Waals surface area contributed by atoms with E-state index in [0.717, 1.165) is 0 Å². The van der Waals surface area contributed by atoms with Gasteiger partial charge in [0.15, 0.2) is 11.5 Å². The molecule has 8 nitrogen and oxygen atoms in total. The highest BCUT2D eigenvalue weighted by atomic mass is 16.5. The summed E-state index contributed by atoms with van der Waals surface area (Å²) in [5.74, 6) is 0.400. The van der Waals surface area contributed by atoms with E-state index in [4.69, 9.17) is 29.4 Å². The van der Waals surface area contributed by atoms with Crippen molar-refractivity contribution in [3.8, 4) is 23.3 Å². The van der Waals surface area contributed by atoms with E-state index in [1.54, 1.807) is 56.5 Å². The van der Waals surface area contributed by atoms with E-state index in [1.165, 1.54) is 0 Å². The van der Waals surface area contributed by atoms with Gasteiger partial charge in [-0.25, -0.2) is 4.79 Å². The lowest BCUT2D eigenvalue weighted by Gasteiger charge is -2.28. The number of hydrogen-bond acceptors (Lipinski definition) is 8. The largest absolute Gasteiger partial charge is 0.497 e. The number of benzene rings is 2. The second-order valence-corrected chi connectivity index (χ2v) is 7.19. The number of methoxy groups -OCH3 is 1. The molecule has 3 rings (SSSR count). The minimum atomic E-state index is -0.829. The van der Waals surface area contributed by atoms with Gasteiger partial charge in [0, 0.05) is 5.56 Å². The van der Waals surface area contributed by atoms with E-state index < -0.39 is 11.9 Å². The first-order valence-corrected chi connectivity index (χ1v) is 11.0. The Kier molecular flexibility index (Phi) is 8.04. The van der Waals surface area contributed by atoms with Crippen LogP contribution in [0.15, 0.2) is 59.5 Å². The SMILES string of the molecule is CCOC(=O)C1=C(c2ccc(OC)cc2)OC(N)=C(C#N)C1c1ccc(OCC)c(OCC)c1. The lowest BCUT2D eigenvalue weighted by atomic mass is 9.82. The molecule has 1 heterocycles. The van der Waals surface area contributed by atoms with Crippen LogP contribution in [0.25, 0.3) is 5.76 Å². The molecule has 1 atom stereocenters. The van der Waals surface area contributed by atoms with Crippen molar-refractivity contribution >= 4 is 11.7 Å². The number of nitrogens with two attached hydrogens (primary N) is 1. The normalized spacial score (nSPS) is 15.3. The molecule has 0 saturated heterocycles. The number of rotatable bonds is 9. The molecular weight excluding hydrogens is 436 g/mol. The van der Waals surface area contributed by atoms with Crippen LogP contribution in [0.4, 0.5) is 0 Å². The Bertz CT molecular complexity index is 1140. The van der Waals surface area contributed by atoms with Crippen molar-refractivity contribution in [2.24, 2.45) is 5.73 Å². The molecule has 178 valence electrons. The Morgan fingerprint density at radius 3 is 2.29 bits per heavy atom. The first-order valence-electron chi connectivity index (χ1n) is 11.0. The van der Waals surface area contributed by atoms with Crippen molar-refractivity contribution in [3.63, 3.8) is 0 Å². The van der Waals surface area contributed by atoms with Crippen molar-refractivity contribution < 1.29 is 28.5 Å². The number of esters is 1. The highest BCUT2D eigenvalue weighted by Gasteiger charge is 2.38. The molecule has 0 aromatic heterocycles. The van der Waals surface area contributed by atoms with Gasteiger partial charge in [-0.2, -0.15) is 5.26 Å². The van der Waals surface area contributed by atoms with E-state index in [2.05, 4.69) is 6.07 Å². The molecule has 0 spiro atoms. The molecule has 34 heavy (non-hydrogen) atoms. The lowest BCUT2D eigenvalue weighted by molar-refractivity contribution is -0.138. The van der Waals surface area contributed by atoms with Crippen LogP contribution in [0.1, 0.15) is 37.8 Å². The minimum Gasteiger partial charge on any atom is -0.497 e. The minimum absolute atomic E-state index is 0.0850. The van der Waals surface area contributed by atoms with Crippen LogP contribution in [-0.4, -0.2) is 32.9 Å². The Hall–Kier alpha value is -4.12. The summed E-state index contributed by atoms with van der Waals surface area (Å²) >= 11 is 0. The van der Waals surface area contributed by atoms with Gasteiger partial charge in [0.2, 0.25) is 5.88 Å². The monoisotopic (exact) mass is 464 g/mol. The predicted molar refractivity (Wildman–Crippen MR) is 126 cm³/mol. The quantitative estimate of drug-likeness (QED) is 0.547. The lowest BCUT2D eigenvalue weighted by Crippen LogP contribution is -2.26. The Balaban J connectivity index is 2.25. The van der Waals surface area contributed by atoms with E-state index in [-0.39, 0.29) is 29.4 Å². The number of hydrogen-bond donors (Lipinski definition) is 1. The zero-order valence-electron chi connectivity index (χ0n) is 19.7. The van der Waals surface area contributed by atoms with Gasteiger partial charge >= 0.3 is 5.97 Å². The molecule has 2 N–H and O–H groups in total. The van der Waals surface area contributed by atoms with Crippen molar-refractivity contribution in [1.29, 1.82) is 5.26 Å². The fourth-order valence-electron chi connectivity index (χ4n) is 3.71. The molecule has 1 unspecified atom stereocenters. The Morgan fingerprint density at radius 1 is 1.03 bits per heavy atom. The molecule has 1 aliphatic rings. The van der Waals surface area contributed by atoms with Gasteiger partial charge in [-0.05, 0) is 62.7 Å². The third-order valence-corrected chi connectivity index (χ3v) is 5.17. The predicted octanol–water partition coefficient (Wildman–Crippen LogP) is 4.27. The first kappa shape index (κ1) is 24.5. The maximum Gasteiger partial charge on any atom is 0.338 e. The molecule has 0 bridgehead atoms.